The molecule has 2 aromatic rings. The predicted octanol–water partition coefficient (Wildman–Crippen LogP) is 3.82. The largest absolute Gasteiger partial charge is 0.416 e. The number of carbonyl (C=O) groups excluding carboxylic acids is 1. The predicted molar refractivity (Wildman–Crippen MR) is 90.7 cm³/mol. The Morgan fingerprint density at radius 2 is 1.96 bits per heavy atom. The summed E-state index contributed by atoms with van der Waals surface area (Å²) in [6.45, 7) is 6.63. The van der Waals surface area contributed by atoms with Gasteiger partial charge in [-0.05, 0) is 37.5 Å². The number of carbonyl (C=O) groups is 1. The minimum atomic E-state index is -4.55. The molecule has 4 nitrogen and oxygen atoms in total. The molecule has 0 unspecified atom stereocenters. The molecule has 1 heterocycles. The van der Waals surface area contributed by atoms with Gasteiger partial charge in [0.05, 0.1) is 11.1 Å². The van der Waals surface area contributed by atoms with Crippen LogP contribution in [0.25, 0.3) is 10.9 Å². The van der Waals surface area contributed by atoms with Gasteiger partial charge in [-0.3, -0.25) is 9.59 Å². The van der Waals surface area contributed by atoms with Crippen molar-refractivity contribution in [1.82, 2.24) is 9.88 Å². The maximum absolute atomic E-state index is 12.9. The van der Waals surface area contributed by atoms with Crippen LogP contribution in [0.15, 0.2) is 29.2 Å². The molecule has 0 aliphatic rings. The molecule has 2 rings (SSSR count). The van der Waals surface area contributed by atoms with Gasteiger partial charge < -0.3 is 9.88 Å². The van der Waals surface area contributed by atoms with E-state index in [0.717, 1.165) is 18.6 Å². The zero-order chi connectivity index (χ0) is 18.8. The summed E-state index contributed by atoms with van der Waals surface area (Å²) in [7, 11) is 0. The Balaban J connectivity index is 2.52. The summed E-state index contributed by atoms with van der Waals surface area (Å²) in [6.07, 6.45) is -2.39. The second-order valence-corrected chi connectivity index (χ2v) is 6.33. The van der Waals surface area contributed by atoms with Crippen molar-refractivity contribution in [2.75, 3.05) is 6.54 Å². The van der Waals surface area contributed by atoms with E-state index in [2.05, 4.69) is 5.32 Å². The average molecular weight is 354 g/mol. The van der Waals surface area contributed by atoms with Crippen LogP contribution in [-0.4, -0.2) is 17.0 Å². The monoisotopic (exact) mass is 354 g/mol. The summed E-state index contributed by atoms with van der Waals surface area (Å²) in [6, 6.07) is 3.02. The molecular formula is C18H21F3N2O2. The average Bonchev–Trinajstić information content (AvgIpc) is 2.53. The number of amides is 1. The van der Waals surface area contributed by atoms with Gasteiger partial charge in [0.2, 0.25) is 5.43 Å². The molecule has 1 aromatic carbocycles. The standard InChI is InChI=1S/C18H21F3N2O2/c1-4-23-10-14(17(25)22-8-7-11(2)3)16(24)13-9-12(18(19,20)21)5-6-15(13)23/h5-6,9-11H,4,7-8H2,1-3H3,(H,22,25). The second-order valence-electron chi connectivity index (χ2n) is 6.33. The minimum absolute atomic E-state index is 0.104. The zero-order valence-electron chi connectivity index (χ0n) is 14.4. The quantitative estimate of drug-likeness (QED) is 0.888. The van der Waals surface area contributed by atoms with Crippen LogP contribution in [0.5, 0.6) is 0 Å². The van der Waals surface area contributed by atoms with Gasteiger partial charge in [0.25, 0.3) is 5.91 Å². The van der Waals surface area contributed by atoms with Gasteiger partial charge in [0.15, 0.2) is 0 Å². The van der Waals surface area contributed by atoms with Crippen molar-refractivity contribution in [2.45, 2.75) is 39.9 Å². The first kappa shape index (κ1) is 19.0. The van der Waals surface area contributed by atoms with Gasteiger partial charge in [0, 0.05) is 24.7 Å². The third-order valence-electron chi connectivity index (χ3n) is 4.00. The number of halogens is 3. The lowest BCUT2D eigenvalue weighted by Gasteiger charge is -2.14. The molecule has 0 saturated carbocycles. The van der Waals surface area contributed by atoms with E-state index in [4.69, 9.17) is 0 Å². The number of pyridine rings is 1. The summed E-state index contributed by atoms with van der Waals surface area (Å²) in [5, 5.41) is 2.55. The van der Waals surface area contributed by atoms with E-state index in [1.165, 1.54) is 12.3 Å². The third kappa shape index (κ3) is 4.21. The molecule has 7 heteroatoms. The Hall–Kier alpha value is -2.31. The van der Waals surface area contributed by atoms with E-state index in [-0.39, 0.29) is 10.9 Å². The molecule has 25 heavy (non-hydrogen) atoms. The fourth-order valence-electron chi connectivity index (χ4n) is 2.57. The molecule has 0 atom stereocenters. The smallest absolute Gasteiger partial charge is 0.352 e. The number of rotatable bonds is 5. The van der Waals surface area contributed by atoms with Crippen molar-refractivity contribution in [3.63, 3.8) is 0 Å². The van der Waals surface area contributed by atoms with Gasteiger partial charge in [-0.2, -0.15) is 13.2 Å². The van der Waals surface area contributed by atoms with Crippen LogP contribution >= 0.6 is 0 Å². The number of benzene rings is 1. The van der Waals surface area contributed by atoms with E-state index in [1.807, 2.05) is 13.8 Å². The summed E-state index contributed by atoms with van der Waals surface area (Å²) < 4.78 is 40.4. The van der Waals surface area contributed by atoms with Crippen molar-refractivity contribution in [3.05, 3.63) is 45.7 Å². The number of aromatic nitrogens is 1. The van der Waals surface area contributed by atoms with Crippen LogP contribution in [0.3, 0.4) is 0 Å². The first-order chi connectivity index (χ1) is 11.6. The van der Waals surface area contributed by atoms with Crippen LogP contribution < -0.4 is 10.7 Å². The molecule has 1 N–H and O–H groups in total. The van der Waals surface area contributed by atoms with Crippen LogP contribution in [0.4, 0.5) is 13.2 Å². The number of nitrogens with zero attached hydrogens (tertiary/aromatic N) is 1. The highest BCUT2D eigenvalue weighted by Gasteiger charge is 2.31. The number of fused-ring (bicyclic) bond motifs is 1. The van der Waals surface area contributed by atoms with E-state index in [9.17, 15) is 22.8 Å². The minimum Gasteiger partial charge on any atom is -0.352 e. The maximum atomic E-state index is 12.9. The number of aryl methyl sites for hydroxylation is 1. The highest BCUT2D eigenvalue weighted by molar-refractivity contribution is 5.97. The summed E-state index contributed by atoms with van der Waals surface area (Å²) in [5.74, 6) is -0.175. The molecule has 0 fully saturated rings. The van der Waals surface area contributed by atoms with Crippen molar-refractivity contribution in [3.8, 4) is 0 Å². The molecule has 0 radical (unpaired) electrons. The van der Waals surface area contributed by atoms with Crippen molar-refractivity contribution >= 4 is 16.8 Å². The lowest BCUT2D eigenvalue weighted by Crippen LogP contribution is -2.31. The number of hydrogen-bond acceptors (Lipinski definition) is 2. The Labute approximate surface area is 143 Å². The molecule has 136 valence electrons. The molecule has 0 aliphatic carbocycles. The molecule has 0 bridgehead atoms. The molecular weight excluding hydrogens is 333 g/mol. The van der Waals surface area contributed by atoms with E-state index in [1.54, 1.807) is 11.5 Å². The van der Waals surface area contributed by atoms with Crippen LogP contribution in [0.1, 0.15) is 43.1 Å². The van der Waals surface area contributed by atoms with Gasteiger partial charge in [-0.15, -0.1) is 0 Å². The lowest BCUT2D eigenvalue weighted by atomic mass is 10.1. The Bertz CT molecular complexity index is 839. The molecule has 1 aromatic heterocycles. The van der Waals surface area contributed by atoms with Crippen molar-refractivity contribution in [2.24, 2.45) is 5.92 Å². The SMILES string of the molecule is CCn1cc(C(=O)NCCC(C)C)c(=O)c2cc(C(F)(F)F)ccc21. The van der Waals surface area contributed by atoms with Crippen molar-refractivity contribution in [1.29, 1.82) is 0 Å². The third-order valence-corrected chi connectivity index (χ3v) is 4.00. The maximum Gasteiger partial charge on any atom is 0.416 e. The zero-order valence-corrected chi connectivity index (χ0v) is 14.4. The van der Waals surface area contributed by atoms with Gasteiger partial charge in [-0.1, -0.05) is 13.8 Å². The number of alkyl halides is 3. The molecule has 0 spiro atoms. The topological polar surface area (TPSA) is 51.1 Å². The fraction of sp³-hybridized carbons (Fsp3) is 0.444. The van der Waals surface area contributed by atoms with Gasteiger partial charge in [-0.25, -0.2) is 0 Å². The van der Waals surface area contributed by atoms with E-state index < -0.39 is 23.1 Å². The summed E-state index contributed by atoms with van der Waals surface area (Å²) in [4.78, 5) is 24.9. The lowest BCUT2D eigenvalue weighted by molar-refractivity contribution is -0.137. The fourth-order valence-corrected chi connectivity index (χ4v) is 2.57. The first-order valence-corrected chi connectivity index (χ1v) is 8.17. The molecule has 1 amide bonds. The first-order valence-electron chi connectivity index (χ1n) is 8.17. The molecule has 0 saturated heterocycles. The van der Waals surface area contributed by atoms with E-state index >= 15 is 0 Å². The number of hydrogen-bond donors (Lipinski definition) is 1. The van der Waals surface area contributed by atoms with Crippen LogP contribution in [0, 0.1) is 5.92 Å². The highest BCUT2D eigenvalue weighted by atomic mass is 19.4. The normalized spacial score (nSPS) is 12.0. The van der Waals surface area contributed by atoms with Crippen molar-refractivity contribution < 1.29 is 18.0 Å². The second kappa shape index (κ2) is 7.29. The van der Waals surface area contributed by atoms with E-state index in [0.29, 0.717) is 24.5 Å². The number of nitrogens with one attached hydrogen (secondary N) is 1. The molecule has 0 aliphatic heterocycles. The van der Waals surface area contributed by atoms with Crippen LogP contribution in [-0.2, 0) is 12.7 Å². The Morgan fingerprint density at radius 1 is 1.28 bits per heavy atom. The Kier molecular flexibility index (Phi) is 5.55. The summed E-state index contributed by atoms with van der Waals surface area (Å²) in [5.41, 5.74) is -1.36. The highest BCUT2D eigenvalue weighted by Crippen LogP contribution is 2.30. The summed E-state index contributed by atoms with van der Waals surface area (Å²) >= 11 is 0. The van der Waals surface area contributed by atoms with Gasteiger partial charge >= 0.3 is 6.18 Å². The van der Waals surface area contributed by atoms with Crippen LogP contribution in [0.2, 0.25) is 0 Å². The Morgan fingerprint density at radius 3 is 2.52 bits per heavy atom. The van der Waals surface area contributed by atoms with Gasteiger partial charge in [0.1, 0.15) is 5.56 Å².